The Morgan fingerprint density at radius 3 is 1.57 bits per heavy atom. The summed E-state index contributed by atoms with van der Waals surface area (Å²) in [6.07, 6.45) is 0. The van der Waals surface area contributed by atoms with Gasteiger partial charge in [-0.3, -0.25) is 0 Å². The minimum absolute atomic E-state index is 0.547. The van der Waals surface area contributed by atoms with Crippen LogP contribution in [0.3, 0.4) is 0 Å². The van der Waals surface area contributed by atoms with Crippen LogP contribution in [0.25, 0.3) is 98.5 Å². The Morgan fingerprint density at radius 1 is 0.333 bits per heavy atom. The third kappa shape index (κ3) is 5.57. The molecule has 9 aromatic carbocycles. The largest absolute Gasteiger partial charge is 0.456 e. The third-order valence-corrected chi connectivity index (χ3v) is 14.0. The van der Waals surface area contributed by atoms with Gasteiger partial charge in [-0.05, 0) is 80.9 Å². The van der Waals surface area contributed by atoms with Gasteiger partial charge in [0.15, 0.2) is 17.5 Å². The monoisotopic (exact) mass is 821 g/mol. The highest BCUT2D eigenvalue weighted by Gasteiger charge is 2.46. The van der Waals surface area contributed by atoms with Gasteiger partial charge in [0.2, 0.25) is 0 Å². The standard InChI is InChI=1S/C58H35N3OS/c1-2-12-36(13-3-1)37-22-24-38(25-23-37)55-59-56(61-57(60-55)40-28-33-52-48(34-40)45-16-6-10-20-51(45)62-52)39-26-29-41(30-27-39)58(49-18-8-4-14-43(49)44-15-5-9-19-50(44)58)42-31-32-47-46-17-7-11-21-53(46)63-54(47)35-42/h1-35H. The molecule has 5 heteroatoms. The number of aromatic nitrogens is 3. The first-order valence-corrected chi connectivity index (χ1v) is 22.1. The van der Waals surface area contributed by atoms with Gasteiger partial charge in [0, 0.05) is 47.6 Å². The van der Waals surface area contributed by atoms with E-state index >= 15 is 0 Å². The average Bonchev–Trinajstić information content (AvgIpc) is 4.02. The lowest BCUT2D eigenvalue weighted by Crippen LogP contribution is -2.28. The van der Waals surface area contributed by atoms with Crippen LogP contribution < -0.4 is 0 Å². The summed E-state index contributed by atoms with van der Waals surface area (Å²) in [7, 11) is 0. The molecule has 13 rings (SSSR count). The first-order chi connectivity index (χ1) is 31.2. The minimum atomic E-state index is -0.547. The molecule has 3 aromatic heterocycles. The van der Waals surface area contributed by atoms with Crippen molar-refractivity contribution < 1.29 is 4.42 Å². The SMILES string of the molecule is c1ccc(-c2ccc(-c3nc(-c4ccc(C5(c6ccc7c(c6)sc6ccccc67)c6ccccc6-c6ccccc65)cc4)nc(-c4ccc5oc6ccccc6c5c4)n3)cc2)cc1. The lowest BCUT2D eigenvalue weighted by molar-refractivity contribution is 0.669. The molecule has 0 atom stereocenters. The quantitative estimate of drug-likeness (QED) is 0.168. The molecule has 4 nitrogen and oxygen atoms in total. The predicted octanol–water partition coefficient (Wildman–Crippen LogP) is 15.2. The Hall–Kier alpha value is -7.99. The second-order valence-corrected chi connectivity index (χ2v) is 17.4. The van der Waals surface area contributed by atoms with Crippen molar-refractivity contribution in [1.29, 1.82) is 0 Å². The number of rotatable bonds is 6. The molecule has 12 aromatic rings. The summed E-state index contributed by atoms with van der Waals surface area (Å²) in [5, 5.41) is 4.68. The van der Waals surface area contributed by atoms with Crippen LogP contribution in [-0.4, -0.2) is 15.0 Å². The summed E-state index contributed by atoms with van der Waals surface area (Å²) >= 11 is 1.86. The van der Waals surface area contributed by atoms with Crippen LogP contribution in [0.15, 0.2) is 217 Å². The van der Waals surface area contributed by atoms with Crippen LogP contribution in [0.2, 0.25) is 0 Å². The van der Waals surface area contributed by atoms with Gasteiger partial charge in [-0.15, -0.1) is 11.3 Å². The van der Waals surface area contributed by atoms with E-state index in [0.29, 0.717) is 17.5 Å². The molecule has 0 radical (unpaired) electrons. The number of hydrogen-bond donors (Lipinski definition) is 0. The summed E-state index contributed by atoms with van der Waals surface area (Å²) in [6, 6.07) is 75.8. The zero-order valence-electron chi connectivity index (χ0n) is 33.9. The van der Waals surface area contributed by atoms with Crippen molar-refractivity contribution in [3.63, 3.8) is 0 Å². The molecule has 63 heavy (non-hydrogen) atoms. The maximum absolute atomic E-state index is 6.20. The summed E-state index contributed by atoms with van der Waals surface area (Å²) in [5.41, 5.74) is 13.7. The lowest BCUT2D eigenvalue weighted by Gasteiger charge is -2.34. The number of benzene rings is 9. The molecule has 0 bridgehead atoms. The molecule has 0 aliphatic heterocycles. The molecule has 0 amide bonds. The Balaban J connectivity index is 0.982. The molecule has 0 unspecified atom stereocenters. The Labute approximate surface area is 367 Å². The third-order valence-electron chi connectivity index (χ3n) is 12.9. The maximum Gasteiger partial charge on any atom is 0.164 e. The van der Waals surface area contributed by atoms with Gasteiger partial charge in [-0.25, -0.2) is 15.0 Å². The summed E-state index contributed by atoms with van der Waals surface area (Å²) in [6.45, 7) is 0. The van der Waals surface area contributed by atoms with E-state index in [9.17, 15) is 0 Å². The van der Waals surface area contributed by atoms with Crippen LogP contribution >= 0.6 is 11.3 Å². The number of thiophene rings is 1. The fourth-order valence-electron chi connectivity index (χ4n) is 9.92. The number of furan rings is 1. The summed E-state index contributed by atoms with van der Waals surface area (Å²) in [4.78, 5) is 15.6. The smallest absolute Gasteiger partial charge is 0.164 e. The van der Waals surface area contributed by atoms with E-state index in [0.717, 1.165) is 49.8 Å². The van der Waals surface area contributed by atoms with E-state index in [-0.39, 0.29) is 0 Å². The molecular formula is C58H35N3OS. The molecular weight excluding hydrogens is 787 g/mol. The highest BCUT2D eigenvalue weighted by molar-refractivity contribution is 7.25. The topological polar surface area (TPSA) is 51.8 Å². The maximum atomic E-state index is 6.20. The zero-order chi connectivity index (χ0) is 41.5. The molecule has 0 spiro atoms. The van der Waals surface area contributed by atoms with Crippen molar-refractivity contribution in [3.8, 4) is 56.4 Å². The van der Waals surface area contributed by atoms with Crippen LogP contribution in [0.5, 0.6) is 0 Å². The molecule has 0 N–H and O–H groups in total. The van der Waals surface area contributed by atoms with Crippen LogP contribution in [0.4, 0.5) is 0 Å². The van der Waals surface area contributed by atoms with Crippen LogP contribution in [0.1, 0.15) is 22.3 Å². The van der Waals surface area contributed by atoms with E-state index in [1.165, 1.54) is 53.6 Å². The minimum Gasteiger partial charge on any atom is -0.456 e. The normalized spacial score (nSPS) is 12.9. The van der Waals surface area contributed by atoms with E-state index in [2.05, 4.69) is 176 Å². The van der Waals surface area contributed by atoms with Gasteiger partial charge in [-0.2, -0.15) is 0 Å². The average molecular weight is 822 g/mol. The van der Waals surface area contributed by atoms with Gasteiger partial charge in [-0.1, -0.05) is 176 Å². The molecule has 0 fully saturated rings. The molecule has 1 aliphatic rings. The molecule has 3 heterocycles. The number of nitrogens with zero attached hydrogens (tertiary/aromatic N) is 3. The first kappa shape index (κ1) is 35.7. The Bertz CT molecular complexity index is 3690. The zero-order valence-corrected chi connectivity index (χ0v) is 34.7. The Morgan fingerprint density at radius 2 is 0.841 bits per heavy atom. The van der Waals surface area contributed by atoms with Gasteiger partial charge in [0.1, 0.15) is 11.2 Å². The fraction of sp³-hybridized carbons (Fsp3) is 0.0172. The van der Waals surface area contributed by atoms with E-state index in [1.54, 1.807) is 0 Å². The first-order valence-electron chi connectivity index (χ1n) is 21.2. The van der Waals surface area contributed by atoms with Crippen molar-refractivity contribution in [2.75, 3.05) is 0 Å². The number of para-hydroxylation sites is 1. The van der Waals surface area contributed by atoms with Crippen LogP contribution in [0, 0.1) is 0 Å². The van der Waals surface area contributed by atoms with Gasteiger partial charge >= 0.3 is 0 Å². The molecule has 0 saturated heterocycles. The molecule has 1 aliphatic carbocycles. The van der Waals surface area contributed by atoms with E-state index in [4.69, 9.17) is 19.4 Å². The van der Waals surface area contributed by atoms with Crippen molar-refractivity contribution in [1.82, 2.24) is 15.0 Å². The van der Waals surface area contributed by atoms with Crippen molar-refractivity contribution in [3.05, 3.63) is 235 Å². The van der Waals surface area contributed by atoms with E-state index < -0.39 is 5.41 Å². The summed E-state index contributed by atoms with van der Waals surface area (Å²) in [5.74, 6) is 1.83. The van der Waals surface area contributed by atoms with E-state index in [1.807, 2.05) is 47.7 Å². The highest BCUT2D eigenvalue weighted by Crippen LogP contribution is 2.56. The lowest BCUT2D eigenvalue weighted by atomic mass is 9.67. The molecule has 294 valence electrons. The van der Waals surface area contributed by atoms with Gasteiger partial charge in [0.05, 0.1) is 5.41 Å². The number of fused-ring (bicyclic) bond motifs is 9. The second-order valence-electron chi connectivity index (χ2n) is 16.3. The highest BCUT2D eigenvalue weighted by atomic mass is 32.1. The van der Waals surface area contributed by atoms with Crippen molar-refractivity contribution in [2.45, 2.75) is 5.41 Å². The summed E-state index contributed by atoms with van der Waals surface area (Å²) < 4.78 is 8.79. The van der Waals surface area contributed by atoms with Crippen molar-refractivity contribution in [2.24, 2.45) is 0 Å². The Kier molecular flexibility index (Phi) is 7.96. The second kappa shape index (κ2) is 14.0. The molecule has 0 saturated carbocycles. The van der Waals surface area contributed by atoms with Crippen LogP contribution in [-0.2, 0) is 5.41 Å². The van der Waals surface area contributed by atoms with Crippen molar-refractivity contribution >= 4 is 53.4 Å². The number of hydrogen-bond acceptors (Lipinski definition) is 5. The van der Waals surface area contributed by atoms with Gasteiger partial charge in [0.25, 0.3) is 0 Å². The fourth-order valence-corrected chi connectivity index (χ4v) is 11.1. The van der Waals surface area contributed by atoms with Gasteiger partial charge < -0.3 is 4.42 Å². The predicted molar refractivity (Wildman–Crippen MR) is 259 cm³/mol.